The molecule has 3 aliphatic rings. The Balaban J connectivity index is 1.75. The van der Waals surface area contributed by atoms with Crippen molar-refractivity contribution in [2.24, 2.45) is 10.8 Å². The quantitative estimate of drug-likeness (QED) is 0.506. The summed E-state index contributed by atoms with van der Waals surface area (Å²) in [7, 11) is 0. The van der Waals surface area contributed by atoms with Gasteiger partial charge in [0.05, 0.1) is 0 Å². The van der Waals surface area contributed by atoms with Crippen LogP contribution in [-0.2, 0) is 17.0 Å². The van der Waals surface area contributed by atoms with Gasteiger partial charge in [-0.05, 0) is 30.3 Å². The van der Waals surface area contributed by atoms with Gasteiger partial charge < -0.3 is 10.5 Å². The molecule has 2 aliphatic heterocycles. The highest BCUT2D eigenvalue weighted by molar-refractivity contribution is 7.80. The van der Waals surface area contributed by atoms with Crippen molar-refractivity contribution in [3.8, 4) is 6.07 Å². The zero-order valence-electron chi connectivity index (χ0n) is 18.6. The normalized spacial score (nSPS) is 25.2. The van der Waals surface area contributed by atoms with Crippen LogP contribution in [0.5, 0.6) is 0 Å². The van der Waals surface area contributed by atoms with Crippen molar-refractivity contribution in [3.05, 3.63) is 94.9 Å². The number of allylic oxidation sites excluding steroid dienone is 2. The van der Waals surface area contributed by atoms with E-state index in [0.717, 1.165) is 18.4 Å². The van der Waals surface area contributed by atoms with E-state index in [4.69, 9.17) is 22.7 Å². The van der Waals surface area contributed by atoms with Gasteiger partial charge in [-0.2, -0.15) is 10.4 Å². The Hall–Kier alpha value is -3.96. The van der Waals surface area contributed by atoms with Crippen molar-refractivity contribution in [3.63, 3.8) is 0 Å². The lowest BCUT2D eigenvalue weighted by Gasteiger charge is -2.38. The van der Waals surface area contributed by atoms with Gasteiger partial charge in [-0.15, -0.1) is 0 Å². The Morgan fingerprint density at radius 1 is 1.21 bits per heavy atom. The number of hydrazone groups is 1. The molecule has 1 fully saturated rings. The maximum absolute atomic E-state index is 14.1. The maximum atomic E-state index is 14.1. The highest BCUT2D eigenvalue weighted by Crippen LogP contribution is 2.64. The molecule has 2 N–H and O–H groups in total. The van der Waals surface area contributed by atoms with Crippen LogP contribution in [0.3, 0.4) is 0 Å². The predicted molar refractivity (Wildman–Crippen MR) is 132 cm³/mol. The second kappa shape index (κ2) is 8.12. The third-order valence-electron chi connectivity index (χ3n) is 6.49. The first-order valence-electron chi connectivity index (χ1n) is 11.1. The van der Waals surface area contributed by atoms with E-state index < -0.39 is 11.3 Å². The first-order chi connectivity index (χ1) is 16.5. The molecule has 34 heavy (non-hydrogen) atoms. The second-order valence-electron chi connectivity index (χ2n) is 8.33. The Morgan fingerprint density at radius 2 is 1.94 bits per heavy atom. The molecule has 7 nitrogen and oxygen atoms in total. The molecule has 2 atom stereocenters. The fraction of sp³-hybridized carbons (Fsp3) is 0.231. The molecule has 0 amide bonds. The number of hydrogen-bond donors (Lipinski definition) is 1. The number of nitrogens with two attached hydrogens (primary N) is 1. The molecule has 5 rings (SSSR count). The summed E-state index contributed by atoms with van der Waals surface area (Å²) in [6, 6.07) is 19.1. The fourth-order valence-corrected chi connectivity index (χ4v) is 5.48. The Bertz CT molecular complexity index is 1310. The number of ketones is 1. The average Bonchev–Trinajstić information content (AvgIpc) is 3.32. The van der Waals surface area contributed by atoms with Crippen LogP contribution in [0.15, 0.2) is 83.3 Å². The number of hydrogen-bond acceptors (Lipinski definition) is 6. The van der Waals surface area contributed by atoms with E-state index in [1.54, 1.807) is 18.3 Å². The summed E-state index contributed by atoms with van der Waals surface area (Å²) in [5, 5.41) is 16.5. The van der Waals surface area contributed by atoms with Crippen molar-refractivity contribution < 1.29 is 9.53 Å². The van der Waals surface area contributed by atoms with Gasteiger partial charge in [-0.1, -0.05) is 74.0 Å². The number of unbranched alkanes of at least 4 members (excludes halogenated alkanes) is 1. The van der Waals surface area contributed by atoms with Crippen LogP contribution < -0.4 is 5.73 Å². The monoisotopic (exact) mass is 469 g/mol. The number of benzene rings is 2. The molecule has 2 aromatic rings. The van der Waals surface area contributed by atoms with Crippen molar-refractivity contribution >= 4 is 29.3 Å². The maximum Gasteiger partial charge on any atom is 0.252 e. The van der Waals surface area contributed by atoms with Crippen LogP contribution in [0, 0.1) is 11.3 Å². The third kappa shape index (κ3) is 2.65. The summed E-state index contributed by atoms with van der Waals surface area (Å²) in [6.45, 7) is 2.43. The average molecular weight is 470 g/mol. The minimum absolute atomic E-state index is 0.0151. The van der Waals surface area contributed by atoms with Gasteiger partial charge in [0.2, 0.25) is 17.2 Å². The standard InChI is InChI=1S/C26H23N5O2S/c1-2-3-4-10-15-29-31-24(34)30(17-18-11-6-5-7-12-18)26-20-14-9-8-13-19(20)22(32)25(26,31)21(16-27)23(28)33-26/h4-15H,2-3,17,28H2,1H3/b10-4+,29-15+/t25-,26-/m1/s1. The molecule has 1 saturated heterocycles. The van der Waals surface area contributed by atoms with E-state index in [2.05, 4.69) is 18.1 Å². The number of fused-ring (bicyclic) bond motifs is 1. The zero-order valence-corrected chi connectivity index (χ0v) is 19.5. The number of ether oxygens (including phenoxy) is 1. The fourth-order valence-electron chi connectivity index (χ4n) is 5.10. The summed E-state index contributed by atoms with van der Waals surface area (Å²) in [6.07, 6.45) is 7.29. The highest BCUT2D eigenvalue weighted by atomic mass is 32.1. The lowest BCUT2D eigenvalue weighted by molar-refractivity contribution is -0.103. The first kappa shape index (κ1) is 21.9. The van der Waals surface area contributed by atoms with E-state index in [9.17, 15) is 10.1 Å². The number of nitrogens with zero attached hydrogens (tertiary/aromatic N) is 4. The molecule has 1 aliphatic carbocycles. The van der Waals surface area contributed by atoms with Crippen molar-refractivity contribution in [2.45, 2.75) is 37.6 Å². The molecule has 0 radical (unpaired) electrons. The SMILES string of the molecule is CCC/C=C/C=N/N1C(=S)N(Cc2ccccc2)[C@]23OC(N)=C(C#N)[C@]12C(=O)c1ccccc13. The van der Waals surface area contributed by atoms with Gasteiger partial charge in [-0.3, -0.25) is 9.69 Å². The van der Waals surface area contributed by atoms with Gasteiger partial charge >= 0.3 is 0 Å². The third-order valence-corrected chi connectivity index (χ3v) is 6.88. The van der Waals surface area contributed by atoms with E-state index in [0.29, 0.717) is 17.7 Å². The number of Topliss-reactive ketones (excluding diaryl/α,β-unsaturated/α-hetero) is 1. The molecule has 8 heteroatoms. The van der Waals surface area contributed by atoms with E-state index in [1.165, 1.54) is 5.01 Å². The van der Waals surface area contributed by atoms with E-state index >= 15 is 0 Å². The molecule has 0 aromatic heterocycles. The van der Waals surface area contributed by atoms with E-state index in [1.807, 2.05) is 59.5 Å². The van der Waals surface area contributed by atoms with Crippen molar-refractivity contribution in [1.82, 2.24) is 9.91 Å². The van der Waals surface area contributed by atoms with Crippen molar-refractivity contribution in [2.75, 3.05) is 0 Å². The smallest absolute Gasteiger partial charge is 0.252 e. The summed E-state index contributed by atoms with van der Waals surface area (Å²) in [5.74, 6) is -0.402. The van der Waals surface area contributed by atoms with Gasteiger partial charge in [0.25, 0.3) is 5.72 Å². The lowest BCUT2D eigenvalue weighted by atomic mass is 9.81. The number of carbonyl (C=O) groups excluding carboxylic acids is 1. The Kier molecular flexibility index (Phi) is 5.22. The number of thiocarbonyl (C=S) groups is 1. The van der Waals surface area contributed by atoms with Gasteiger partial charge in [0.15, 0.2) is 5.11 Å². The van der Waals surface area contributed by atoms with Gasteiger partial charge in [0, 0.05) is 23.9 Å². The number of rotatable bonds is 6. The largest absolute Gasteiger partial charge is 0.444 e. The molecule has 0 spiro atoms. The topological polar surface area (TPSA) is 94.9 Å². The van der Waals surface area contributed by atoms with Crippen LogP contribution in [0.1, 0.15) is 41.3 Å². The summed E-state index contributed by atoms with van der Waals surface area (Å²) >= 11 is 5.89. The Morgan fingerprint density at radius 3 is 2.68 bits per heavy atom. The molecule has 2 aromatic carbocycles. The van der Waals surface area contributed by atoms with Crippen LogP contribution in [-0.4, -0.2) is 32.6 Å². The van der Waals surface area contributed by atoms with Crippen LogP contribution >= 0.6 is 12.2 Å². The predicted octanol–water partition coefficient (Wildman–Crippen LogP) is 3.94. The molecule has 0 unspecified atom stereocenters. The van der Waals surface area contributed by atoms with Crippen LogP contribution in [0.2, 0.25) is 0 Å². The molecule has 2 heterocycles. The minimum atomic E-state index is -1.64. The second-order valence-corrected chi connectivity index (χ2v) is 8.69. The van der Waals surface area contributed by atoms with Crippen molar-refractivity contribution in [1.29, 1.82) is 5.26 Å². The minimum Gasteiger partial charge on any atom is -0.444 e. The molecular formula is C26H23N5O2S. The molecular weight excluding hydrogens is 446 g/mol. The lowest BCUT2D eigenvalue weighted by Crippen LogP contribution is -2.57. The van der Waals surface area contributed by atoms with Gasteiger partial charge in [0.1, 0.15) is 11.6 Å². The highest BCUT2D eigenvalue weighted by Gasteiger charge is 2.82. The summed E-state index contributed by atoms with van der Waals surface area (Å²) < 4.78 is 6.34. The number of nitriles is 1. The zero-order chi connectivity index (χ0) is 23.9. The number of carbonyl (C=O) groups is 1. The molecule has 0 saturated carbocycles. The Labute approximate surface area is 203 Å². The van der Waals surface area contributed by atoms with Crippen LogP contribution in [0.25, 0.3) is 0 Å². The molecule has 0 bridgehead atoms. The van der Waals surface area contributed by atoms with Gasteiger partial charge in [-0.25, -0.2) is 5.01 Å². The summed E-state index contributed by atoms with van der Waals surface area (Å²) in [5.41, 5.74) is 5.24. The van der Waals surface area contributed by atoms with E-state index in [-0.39, 0.29) is 22.4 Å². The first-order valence-corrected chi connectivity index (χ1v) is 11.5. The van der Waals surface area contributed by atoms with Crippen LogP contribution in [0.4, 0.5) is 0 Å². The molecule has 170 valence electrons. The summed E-state index contributed by atoms with van der Waals surface area (Å²) in [4.78, 5) is 16.0.